The Kier molecular flexibility index (Phi) is 35.3. The van der Waals surface area contributed by atoms with Gasteiger partial charge in [0.05, 0.1) is 87.3 Å². The number of carbonyl (C=O) groups excluding carboxylic acids is 1. The summed E-state index contributed by atoms with van der Waals surface area (Å²) in [6, 6.07) is 8.46. The molecule has 1 unspecified atom stereocenters. The molecule has 0 saturated carbocycles. The standard InChI is InChI=1S/C24H40ClN3O4SSi2.C23H38ClN3O4SSi2.C23H36ClN3O4SSi2.C23H38ClN3O4SSi2/c1-14(2)34(15(3)4)30-12-19-20(31-35(32-34,16(5)6)17(7)8)24(9,29)23(33-19)28-11-10-18-21(25)26-13-27-22(18)28;2*1-13(2)33(14(3)4)29-11-18-20(30-34(31-33,15(5)6)16(7)8)19(28)23(32-18)27-10-9-17-21(24)25-12-26-22(17)27;1-9-33(14(2)3)29-12-18-19(30-34(31-33,15(4)5)16(6)7)23(8,28)22(32-18)27-11-10-17-20(24)25-13-26-21(17)27/h10-11,13-17,19-20,23,29H,12H2,1-9H3;9-10,12-16,18-20,23,28H,11H2,1-8H3;9-10,12-16,18,20,23H,11H2,1-8H3;10-11,13-16,18-19,22,28H,9,12H2,1-8H3/t19-,20-,23-,24-;18-,19+,20-,23-;18-,20-,23-;18-,19-,22-,23+,33?/m1111/s1. The van der Waals surface area contributed by atoms with Crippen LogP contribution in [0.5, 0.6) is 0 Å². The number of halogens is 4. The Morgan fingerprint density at radius 1 is 0.365 bits per heavy atom. The Balaban J connectivity index is 0.000000154. The molecular weight excluding hydrogens is 2040 g/mol. The normalized spacial score (nSPS) is 30.3. The van der Waals surface area contributed by atoms with Crippen molar-refractivity contribution in [2.75, 3.05) is 26.4 Å². The van der Waals surface area contributed by atoms with Crippen molar-refractivity contribution in [1.29, 1.82) is 0 Å². The molecule has 44 heteroatoms. The molecular formula is C93H152Cl4N12O16S4Si8. The van der Waals surface area contributed by atoms with Crippen LogP contribution < -0.4 is 0 Å². The molecule has 8 fully saturated rings. The summed E-state index contributed by atoms with van der Waals surface area (Å²) in [5.74, 6) is 0.0378. The second-order valence-corrected chi connectivity index (χ2v) is 85.3. The van der Waals surface area contributed by atoms with E-state index in [0.29, 0.717) is 75.2 Å². The molecule has 8 aliphatic heterocycles. The number of thioether (sulfide) groups is 4. The van der Waals surface area contributed by atoms with Crippen molar-refractivity contribution in [3.05, 3.63) is 95.0 Å². The Hall–Kier alpha value is -2.15. The molecule has 137 heavy (non-hydrogen) atoms. The van der Waals surface area contributed by atoms with E-state index in [1.165, 1.54) is 25.3 Å². The highest BCUT2D eigenvalue weighted by atomic mass is 35.5. The Morgan fingerprint density at radius 3 is 1.00 bits per heavy atom. The fraction of sp³-hybridized carbons (Fsp3) is 0.731. The first-order valence-electron chi connectivity index (χ1n) is 49.3. The highest BCUT2D eigenvalue weighted by molar-refractivity contribution is 8.01. The predicted octanol–water partition coefficient (Wildman–Crippen LogP) is 24.7. The third kappa shape index (κ3) is 20.3. The smallest absolute Gasteiger partial charge is 0.335 e. The molecule has 16 heterocycles. The van der Waals surface area contributed by atoms with Gasteiger partial charge in [-0.25, -0.2) is 39.9 Å². The molecule has 3 N–H and O–H groups in total. The average molecular weight is 2190 g/mol. The van der Waals surface area contributed by atoms with Crippen molar-refractivity contribution in [2.45, 2.75) is 402 Å². The zero-order chi connectivity index (χ0) is 101. The fourth-order valence-corrected chi connectivity index (χ4v) is 74.2. The predicted molar refractivity (Wildman–Crippen MR) is 575 cm³/mol. The highest BCUT2D eigenvalue weighted by Gasteiger charge is 2.69. The summed E-state index contributed by atoms with van der Waals surface area (Å²) >= 11 is 31.9. The second kappa shape index (κ2) is 43.2. The summed E-state index contributed by atoms with van der Waals surface area (Å²) in [6.45, 7) is 74.0. The van der Waals surface area contributed by atoms with Crippen LogP contribution in [0.3, 0.4) is 0 Å². The molecule has 16 atom stereocenters. The Labute approximate surface area is 858 Å². The van der Waals surface area contributed by atoms with Gasteiger partial charge < -0.3 is 85.5 Å². The lowest BCUT2D eigenvalue weighted by Crippen LogP contribution is -2.66. The molecule has 28 nitrogen and oxygen atoms in total. The topological polar surface area (TPSA) is 311 Å². The minimum atomic E-state index is -2.84. The van der Waals surface area contributed by atoms with Gasteiger partial charge in [0, 0.05) is 24.8 Å². The van der Waals surface area contributed by atoms with E-state index in [4.69, 9.17) is 98.3 Å². The van der Waals surface area contributed by atoms with E-state index in [2.05, 4.69) is 255 Å². The molecule has 8 aromatic rings. The van der Waals surface area contributed by atoms with E-state index in [9.17, 15) is 20.1 Å². The van der Waals surface area contributed by atoms with Gasteiger partial charge in [-0.3, -0.25) is 4.79 Å². The summed E-state index contributed by atoms with van der Waals surface area (Å²) in [5, 5.41) is 38.9. The van der Waals surface area contributed by atoms with E-state index in [0.717, 1.165) is 27.6 Å². The maximum atomic E-state index is 13.9. The van der Waals surface area contributed by atoms with Crippen molar-refractivity contribution >= 4 is 212 Å². The van der Waals surface area contributed by atoms with Crippen LogP contribution in [-0.2, 0) is 56.7 Å². The van der Waals surface area contributed by atoms with E-state index in [-0.39, 0.29) is 127 Å². The van der Waals surface area contributed by atoms with Crippen molar-refractivity contribution < 1.29 is 72.0 Å². The van der Waals surface area contributed by atoms with Crippen LogP contribution in [0.1, 0.15) is 250 Å². The van der Waals surface area contributed by atoms with E-state index in [1.807, 2.05) is 81.2 Å². The first-order valence-corrected chi connectivity index (χ1v) is 70.5. The van der Waals surface area contributed by atoms with E-state index in [1.54, 1.807) is 47.0 Å². The molecule has 16 rings (SSSR count). The third-order valence-electron chi connectivity index (χ3n) is 29.9. The van der Waals surface area contributed by atoms with E-state index >= 15 is 0 Å². The number of aliphatic hydroxyl groups excluding tert-OH is 1. The van der Waals surface area contributed by atoms with Gasteiger partial charge in [0.1, 0.15) is 113 Å². The molecule has 0 radical (unpaired) electrons. The number of fused-ring (bicyclic) bond motifs is 8. The summed E-state index contributed by atoms with van der Waals surface area (Å²) < 4.78 is 92.6. The van der Waals surface area contributed by atoms with Crippen molar-refractivity contribution in [3.8, 4) is 0 Å². The Morgan fingerprint density at radius 2 is 0.657 bits per heavy atom. The molecule has 0 aromatic carbocycles. The van der Waals surface area contributed by atoms with Gasteiger partial charge in [0.25, 0.3) is 0 Å². The molecule has 0 aliphatic carbocycles. The number of aliphatic hydroxyl groups is 3. The number of carbonyl (C=O) groups is 1. The van der Waals surface area contributed by atoms with Crippen LogP contribution >= 0.6 is 93.5 Å². The molecule has 0 spiro atoms. The minimum Gasteiger partial charge on any atom is -0.414 e. The van der Waals surface area contributed by atoms with E-state index < -0.39 is 109 Å². The largest absolute Gasteiger partial charge is 0.414 e. The lowest BCUT2D eigenvalue weighted by molar-refractivity contribution is -0.127. The zero-order valence-electron chi connectivity index (χ0n) is 86.3. The minimum absolute atomic E-state index is 0.00703. The lowest BCUT2D eigenvalue weighted by Gasteiger charge is -2.52. The van der Waals surface area contributed by atoms with Gasteiger partial charge in [-0.05, 0) is 127 Å². The number of hydrogen-bond donors (Lipinski definition) is 3. The second-order valence-electron chi connectivity index (χ2n) is 43.4. The maximum Gasteiger partial charge on any atom is 0.335 e. The quantitative estimate of drug-likeness (QED) is 0.0471. The van der Waals surface area contributed by atoms with Gasteiger partial charge in [-0.1, -0.05) is 261 Å². The van der Waals surface area contributed by atoms with Crippen LogP contribution in [0, 0.1) is 0 Å². The molecule has 0 bridgehead atoms. The van der Waals surface area contributed by atoms with Gasteiger partial charge >= 0.3 is 68.5 Å². The first-order chi connectivity index (χ1) is 64.1. The number of Topliss-reactive ketones (excluding diaryl/α,β-unsaturated/α-hetero) is 1. The average Bonchev–Trinajstić information content (AvgIpc) is 1.57. The Bertz CT molecular complexity index is 5420. The van der Waals surface area contributed by atoms with Crippen LogP contribution in [0.15, 0.2) is 74.4 Å². The first kappa shape index (κ1) is 112. The molecule has 8 aromatic heterocycles. The molecule has 764 valence electrons. The highest BCUT2D eigenvalue weighted by Crippen LogP contribution is 2.61. The third-order valence-corrected chi connectivity index (χ3v) is 78.1. The summed E-state index contributed by atoms with van der Waals surface area (Å²) in [5.41, 5.74) is 4.03. The molecule has 8 aliphatic rings. The fourth-order valence-electron chi connectivity index (χ4n) is 22.1. The summed E-state index contributed by atoms with van der Waals surface area (Å²) in [4.78, 5) is 48.1. The van der Waals surface area contributed by atoms with Crippen LogP contribution in [0.4, 0.5) is 0 Å². The van der Waals surface area contributed by atoms with Crippen molar-refractivity contribution in [2.24, 2.45) is 0 Å². The molecule has 0 amide bonds. The van der Waals surface area contributed by atoms with Gasteiger partial charge in [0.15, 0.2) is 5.78 Å². The van der Waals surface area contributed by atoms with Crippen molar-refractivity contribution in [3.63, 3.8) is 0 Å². The summed E-state index contributed by atoms with van der Waals surface area (Å²) in [7, 11) is -21.6. The van der Waals surface area contributed by atoms with Crippen molar-refractivity contribution in [1.82, 2.24) is 58.1 Å². The number of aromatic nitrogens is 12. The number of rotatable bonds is 20. The number of nitrogens with zero attached hydrogens (tertiary/aromatic N) is 12. The SMILES string of the molecule is CC(C)[Si]1(C(C)C)OC[C@H]2S[C@@H](n3ccc4c(Cl)ncnc43)C(=O)[C@@H]2O[Si](C(C)C)(C(C)C)O1.CC(C)[Si]1(C(C)C)OC[C@H]2S[C@@H](n3ccc4c(Cl)ncnc43)[C@@H](O)[C@@H]2O[Si](C(C)C)(C(C)C)O1.CC(C)[Si]1(C(C)C)OC[C@H]2S[C@@H](n3ccc4c(Cl)ncnc43)[C@](C)(O)[C@@H]2O[Si](C(C)C)(C(C)C)O1.CC[Si]1(C(C)C)OC[C@H]2S[C@@H](n3ccc4c(Cl)ncnc43)[C@@](C)(O)[C@@H]2O[Si](C(C)C)(C(C)C)O1. The van der Waals surface area contributed by atoms with Crippen LogP contribution in [0.2, 0.25) is 110 Å². The maximum absolute atomic E-state index is 13.9. The van der Waals surface area contributed by atoms with Crippen LogP contribution in [0.25, 0.3) is 44.1 Å². The molecule has 8 saturated heterocycles. The lowest BCUT2D eigenvalue weighted by atomic mass is 9.96. The number of hydrogen-bond acceptors (Lipinski definition) is 28. The number of ketones is 1. The van der Waals surface area contributed by atoms with Gasteiger partial charge in [0.2, 0.25) is 0 Å². The van der Waals surface area contributed by atoms with Crippen LogP contribution in [-0.4, -0.2) is 237 Å². The van der Waals surface area contributed by atoms with Gasteiger partial charge in [-0.2, -0.15) is 0 Å². The van der Waals surface area contributed by atoms with Gasteiger partial charge in [-0.15, -0.1) is 47.0 Å². The monoisotopic (exact) mass is 2180 g/mol. The zero-order valence-corrected chi connectivity index (χ0v) is 101. The summed E-state index contributed by atoms with van der Waals surface area (Å²) in [6.07, 6.45) is 10.9.